The fourth-order valence-electron chi connectivity index (χ4n) is 3.79. The lowest BCUT2D eigenvalue weighted by Gasteiger charge is -2.48. The number of hydrogen-bond acceptors (Lipinski definition) is 4. The molecule has 0 spiro atoms. The molecule has 1 fully saturated rings. The van der Waals surface area contributed by atoms with Crippen LogP contribution in [0, 0.1) is 11.8 Å². The molecule has 4 atom stereocenters. The number of carboxylic acids is 2. The van der Waals surface area contributed by atoms with Crippen LogP contribution in [0.5, 0.6) is 0 Å². The maximum Gasteiger partial charge on any atom is 0.308 e. The second-order valence-electron chi connectivity index (χ2n) is 6.35. The Balaban J connectivity index is 2.05. The van der Waals surface area contributed by atoms with Gasteiger partial charge in [-0.2, -0.15) is 0 Å². The molecular weight excluding hydrogens is 336 g/mol. The Kier molecular flexibility index (Phi) is 4.67. The van der Waals surface area contributed by atoms with Gasteiger partial charge < -0.3 is 10.2 Å². The normalized spacial score (nSPS) is 24.3. The lowest BCUT2D eigenvalue weighted by molar-refractivity contribution is -0.164. The first-order chi connectivity index (χ1) is 12.5. The zero-order chi connectivity index (χ0) is 18.8. The highest BCUT2D eigenvalue weighted by Gasteiger charge is 2.58. The average molecular weight is 352 g/mol. The molecule has 0 saturated heterocycles. The minimum Gasteiger partial charge on any atom is -0.481 e. The van der Waals surface area contributed by atoms with E-state index in [1.165, 1.54) is 0 Å². The zero-order valence-corrected chi connectivity index (χ0v) is 13.6. The molecule has 0 amide bonds. The highest BCUT2D eigenvalue weighted by atomic mass is 16.4. The quantitative estimate of drug-likeness (QED) is 0.774. The molecule has 1 saturated carbocycles. The monoisotopic (exact) mass is 352 g/mol. The van der Waals surface area contributed by atoms with E-state index in [-0.39, 0.29) is 0 Å². The van der Waals surface area contributed by atoms with Gasteiger partial charge in [-0.05, 0) is 11.1 Å². The minimum absolute atomic E-state index is 0.460. The molecule has 132 valence electrons. The van der Waals surface area contributed by atoms with Crippen molar-refractivity contribution in [2.24, 2.45) is 11.8 Å². The van der Waals surface area contributed by atoms with E-state index >= 15 is 0 Å². The summed E-state index contributed by atoms with van der Waals surface area (Å²) in [5.74, 6) is -5.52. The Labute approximate surface area is 149 Å². The van der Waals surface area contributed by atoms with Crippen molar-refractivity contribution < 1.29 is 29.4 Å². The van der Waals surface area contributed by atoms with Crippen LogP contribution in [-0.2, 0) is 9.59 Å². The zero-order valence-electron chi connectivity index (χ0n) is 13.6. The number of carbonyl (C=O) groups excluding carboxylic acids is 2. The summed E-state index contributed by atoms with van der Waals surface area (Å²) in [5.41, 5.74) is 2.26. The second-order valence-corrected chi connectivity index (χ2v) is 6.35. The first-order valence-corrected chi connectivity index (χ1v) is 8.03. The molecule has 0 radical (unpaired) electrons. The lowest BCUT2D eigenvalue weighted by Crippen LogP contribution is -2.51. The van der Waals surface area contributed by atoms with E-state index < -0.39 is 35.6 Å². The van der Waals surface area contributed by atoms with Crippen molar-refractivity contribution in [3.63, 3.8) is 0 Å². The smallest absolute Gasteiger partial charge is 0.308 e. The summed E-state index contributed by atoms with van der Waals surface area (Å²) in [7, 11) is 0. The molecule has 0 unspecified atom stereocenters. The molecule has 2 aromatic rings. The Hall–Kier alpha value is -3.28. The summed E-state index contributed by atoms with van der Waals surface area (Å²) in [5, 5.41) is 19.1. The van der Waals surface area contributed by atoms with Crippen LogP contribution in [0.2, 0.25) is 0 Å². The number of hydrogen-bond donors (Lipinski definition) is 2. The van der Waals surface area contributed by atoms with Gasteiger partial charge in [0.2, 0.25) is 0 Å². The van der Waals surface area contributed by atoms with Gasteiger partial charge in [-0.25, -0.2) is 0 Å². The number of aldehydes is 2. The topological polar surface area (TPSA) is 109 Å². The SMILES string of the molecule is O=Cc1ccc([C@@H]2[C@@H](C(=O)O)[C@@H](C(=O)O)[C@@H]2c2ccc(C=O)cc2)cc1. The summed E-state index contributed by atoms with van der Waals surface area (Å²) >= 11 is 0. The first kappa shape index (κ1) is 17.5. The highest BCUT2D eigenvalue weighted by molar-refractivity contribution is 5.85. The van der Waals surface area contributed by atoms with Gasteiger partial charge in [0, 0.05) is 23.0 Å². The molecule has 2 aromatic carbocycles. The van der Waals surface area contributed by atoms with E-state index in [1.54, 1.807) is 48.5 Å². The second kappa shape index (κ2) is 6.92. The molecule has 0 bridgehead atoms. The number of carboxylic acid groups (broad SMARTS) is 2. The van der Waals surface area contributed by atoms with Crippen molar-refractivity contribution in [3.05, 3.63) is 70.8 Å². The standard InChI is InChI=1S/C20H16O6/c21-9-11-1-5-13(6-2-11)15-16(14-7-3-12(10-22)4-8-14)18(20(25)26)17(15)19(23)24/h1-10,15-18H,(H,23,24)(H,25,26)/t15-,16+,17+,18-. The van der Waals surface area contributed by atoms with Gasteiger partial charge in [0.25, 0.3) is 0 Å². The van der Waals surface area contributed by atoms with E-state index in [0.29, 0.717) is 34.8 Å². The summed E-state index contributed by atoms with van der Waals surface area (Å²) in [4.78, 5) is 45.1. The van der Waals surface area contributed by atoms with Crippen LogP contribution < -0.4 is 0 Å². The third kappa shape index (κ3) is 2.90. The molecule has 2 N–H and O–H groups in total. The van der Waals surface area contributed by atoms with Crippen LogP contribution in [0.25, 0.3) is 0 Å². The molecule has 26 heavy (non-hydrogen) atoms. The van der Waals surface area contributed by atoms with Gasteiger partial charge in [0.1, 0.15) is 12.6 Å². The lowest BCUT2D eigenvalue weighted by atomic mass is 9.52. The highest BCUT2D eigenvalue weighted by Crippen LogP contribution is 2.57. The summed E-state index contributed by atoms with van der Waals surface area (Å²) < 4.78 is 0. The minimum atomic E-state index is -1.16. The maximum absolute atomic E-state index is 11.7. The largest absolute Gasteiger partial charge is 0.481 e. The van der Waals surface area contributed by atoms with Gasteiger partial charge in [0.05, 0.1) is 11.8 Å². The third-order valence-corrected chi connectivity index (χ3v) is 5.03. The summed E-state index contributed by atoms with van der Waals surface area (Å²) in [6, 6.07) is 13.0. The number of benzene rings is 2. The molecule has 0 heterocycles. The number of aliphatic carboxylic acids is 2. The van der Waals surface area contributed by atoms with Crippen molar-refractivity contribution in [1.82, 2.24) is 0 Å². The Morgan fingerprint density at radius 3 is 1.19 bits per heavy atom. The van der Waals surface area contributed by atoms with Gasteiger partial charge in [-0.1, -0.05) is 48.5 Å². The molecule has 1 aliphatic carbocycles. The third-order valence-electron chi connectivity index (χ3n) is 5.03. The van der Waals surface area contributed by atoms with Crippen molar-refractivity contribution in [2.75, 3.05) is 0 Å². The summed E-state index contributed by atoms with van der Waals surface area (Å²) in [6.45, 7) is 0. The molecule has 3 rings (SSSR count). The van der Waals surface area contributed by atoms with Gasteiger partial charge in [0.15, 0.2) is 0 Å². The number of rotatable bonds is 6. The van der Waals surface area contributed by atoms with Crippen molar-refractivity contribution in [2.45, 2.75) is 11.8 Å². The van der Waals surface area contributed by atoms with E-state index in [0.717, 1.165) is 0 Å². The van der Waals surface area contributed by atoms with Crippen LogP contribution in [0.4, 0.5) is 0 Å². The average Bonchev–Trinajstić information content (AvgIpc) is 2.61. The molecule has 1 aliphatic rings. The van der Waals surface area contributed by atoms with E-state index in [2.05, 4.69) is 0 Å². The predicted octanol–water partition coefficient (Wildman–Crippen LogP) is 2.59. The fourth-order valence-corrected chi connectivity index (χ4v) is 3.79. The van der Waals surface area contributed by atoms with Crippen LogP contribution in [0.1, 0.15) is 43.7 Å². The van der Waals surface area contributed by atoms with Crippen molar-refractivity contribution in [1.29, 1.82) is 0 Å². The molecule has 0 aromatic heterocycles. The van der Waals surface area contributed by atoms with E-state index in [1.807, 2.05) is 0 Å². The maximum atomic E-state index is 11.7. The Bertz CT molecular complexity index is 779. The Morgan fingerprint density at radius 2 is 0.962 bits per heavy atom. The van der Waals surface area contributed by atoms with E-state index in [9.17, 15) is 29.4 Å². The molecular formula is C20H16O6. The van der Waals surface area contributed by atoms with Crippen LogP contribution in [-0.4, -0.2) is 34.7 Å². The number of carbonyl (C=O) groups is 4. The van der Waals surface area contributed by atoms with Gasteiger partial charge >= 0.3 is 11.9 Å². The molecule has 0 aliphatic heterocycles. The van der Waals surface area contributed by atoms with Crippen LogP contribution >= 0.6 is 0 Å². The van der Waals surface area contributed by atoms with Crippen LogP contribution in [0.3, 0.4) is 0 Å². The van der Waals surface area contributed by atoms with Crippen molar-refractivity contribution in [3.8, 4) is 0 Å². The summed E-state index contributed by atoms with van der Waals surface area (Å²) in [6.07, 6.45) is 1.38. The van der Waals surface area contributed by atoms with Crippen LogP contribution in [0.15, 0.2) is 48.5 Å². The van der Waals surface area contributed by atoms with Crippen molar-refractivity contribution >= 4 is 24.5 Å². The van der Waals surface area contributed by atoms with Gasteiger partial charge in [-0.15, -0.1) is 0 Å². The predicted molar refractivity (Wildman–Crippen MR) is 91.4 cm³/mol. The molecule has 6 nitrogen and oxygen atoms in total. The first-order valence-electron chi connectivity index (χ1n) is 8.03. The molecule has 6 heteroatoms. The fraction of sp³-hybridized carbons (Fsp3) is 0.200. The van der Waals surface area contributed by atoms with Gasteiger partial charge in [-0.3, -0.25) is 19.2 Å². The Morgan fingerprint density at radius 1 is 0.654 bits per heavy atom. The van der Waals surface area contributed by atoms with E-state index in [4.69, 9.17) is 0 Å².